The molecular weight excluding hydrogens is 209 g/mol. The molecule has 0 aliphatic carbocycles. The van der Waals surface area contributed by atoms with Gasteiger partial charge in [-0.25, -0.2) is 18.0 Å². The first-order valence-corrected chi connectivity index (χ1v) is 4.12. The predicted molar refractivity (Wildman–Crippen MR) is 47.3 cm³/mol. The van der Waals surface area contributed by atoms with Crippen molar-refractivity contribution in [2.75, 3.05) is 7.11 Å². The van der Waals surface area contributed by atoms with Gasteiger partial charge in [0.15, 0.2) is 0 Å². The molecule has 1 aromatic carbocycles. The molecule has 0 aliphatic rings. The Labute approximate surface area is 84.7 Å². The van der Waals surface area contributed by atoms with Crippen LogP contribution in [0.4, 0.5) is 13.2 Å². The van der Waals surface area contributed by atoms with Crippen molar-refractivity contribution in [1.29, 1.82) is 0 Å². The number of benzene rings is 1. The Bertz CT molecular complexity index is 383. The monoisotopic (exact) mass is 218 g/mol. The molecule has 0 radical (unpaired) electrons. The molecule has 82 valence electrons. The van der Waals surface area contributed by atoms with Crippen LogP contribution in [-0.4, -0.2) is 13.1 Å². The third-order valence-corrected chi connectivity index (χ3v) is 1.86. The summed E-state index contributed by atoms with van der Waals surface area (Å²) in [5.41, 5.74) is -0.835. The first kappa shape index (κ1) is 11.6. The molecule has 0 aliphatic heterocycles. The Morgan fingerprint density at radius 1 is 1.40 bits per heavy atom. The Morgan fingerprint density at radius 2 is 2.00 bits per heavy atom. The summed E-state index contributed by atoms with van der Waals surface area (Å²) in [5, 5.41) is 0. The zero-order valence-electron chi connectivity index (χ0n) is 8.18. The van der Waals surface area contributed by atoms with Gasteiger partial charge in [0.2, 0.25) is 0 Å². The van der Waals surface area contributed by atoms with Crippen molar-refractivity contribution < 1.29 is 22.7 Å². The van der Waals surface area contributed by atoms with Gasteiger partial charge in [0.1, 0.15) is 5.82 Å². The predicted octanol–water partition coefficient (Wildman–Crippen LogP) is 2.72. The normalized spacial score (nSPS) is 11.3. The topological polar surface area (TPSA) is 26.3 Å². The van der Waals surface area contributed by atoms with Crippen molar-refractivity contribution in [3.8, 4) is 0 Å². The van der Waals surface area contributed by atoms with E-state index in [1.165, 1.54) is 0 Å². The summed E-state index contributed by atoms with van der Waals surface area (Å²) >= 11 is 0. The Morgan fingerprint density at radius 3 is 2.40 bits per heavy atom. The third kappa shape index (κ3) is 2.49. The molecule has 1 rings (SSSR count). The summed E-state index contributed by atoms with van der Waals surface area (Å²) in [6, 6.07) is 2.71. The zero-order valence-corrected chi connectivity index (χ0v) is 8.18. The quantitative estimate of drug-likeness (QED) is 0.713. The lowest BCUT2D eigenvalue weighted by Gasteiger charge is -2.11. The summed E-state index contributed by atoms with van der Waals surface area (Å²) in [6.45, 7) is 0.587. The Balaban J connectivity index is 3.15. The lowest BCUT2D eigenvalue weighted by Crippen LogP contribution is -2.11. The highest BCUT2D eigenvalue weighted by Crippen LogP contribution is 2.29. The number of hydrogen-bond acceptors (Lipinski definition) is 2. The van der Waals surface area contributed by atoms with E-state index in [0.29, 0.717) is 6.92 Å². The van der Waals surface area contributed by atoms with Crippen molar-refractivity contribution in [3.05, 3.63) is 35.1 Å². The first-order chi connectivity index (χ1) is 6.86. The smallest absolute Gasteiger partial charge is 0.337 e. The fourth-order valence-corrected chi connectivity index (χ4v) is 1.12. The van der Waals surface area contributed by atoms with E-state index in [9.17, 15) is 18.0 Å². The number of halogens is 3. The molecule has 0 saturated carbocycles. The number of rotatable bonds is 2. The van der Waals surface area contributed by atoms with Gasteiger partial charge in [-0.15, -0.1) is 0 Å². The molecule has 0 unspecified atom stereocenters. The van der Waals surface area contributed by atoms with Crippen molar-refractivity contribution in [3.63, 3.8) is 0 Å². The highest BCUT2D eigenvalue weighted by Gasteiger charge is 2.28. The summed E-state index contributed by atoms with van der Waals surface area (Å²) < 4.78 is 43.0. The van der Waals surface area contributed by atoms with Gasteiger partial charge in [-0.05, 0) is 18.2 Å². The summed E-state index contributed by atoms with van der Waals surface area (Å²) in [7, 11) is 1.13. The molecule has 0 amide bonds. The van der Waals surface area contributed by atoms with E-state index in [4.69, 9.17) is 0 Å². The molecule has 1 aromatic rings. The lowest BCUT2D eigenvalue weighted by molar-refractivity contribution is 0.0136. The summed E-state index contributed by atoms with van der Waals surface area (Å²) in [4.78, 5) is 11.0. The van der Waals surface area contributed by atoms with Crippen molar-refractivity contribution in [2.24, 2.45) is 0 Å². The number of hydrogen-bond donors (Lipinski definition) is 0. The molecular formula is C10H9F3O2. The molecule has 0 bridgehead atoms. The zero-order chi connectivity index (χ0) is 11.6. The van der Waals surface area contributed by atoms with Crippen molar-refractivity contribution >= 4 is 5.97 Å². The molecule has 0 saturated heterocycles. The number of methoxy groups -OCH3 is 1. The van der Waals surface area contributed by atoms with Crippen LogP contribution in [0.1, 0.15) is 22.8 Å². The van der Waals surface area contributed by atoms with Crippen LogP contribution in [0.5, 0.6) is 0 Å². The molecule has 15 heavy (non-hydrogen) atoms. The lowest BCUT2D eigenvalue weighted by atomic mass is 10.1. The van der Waals surface area contributed by atoms with E-state index in [1.54, 1.807) is 0 Å². The van der Waals surface area contributed by atoms with E-state index in [0.717, 1.165) is 25.3 Å². The van der Waals surface area contributed by atoms with Gasteiger partial charge in [-0.2, -0.15) is 0 Å². The number of esters is 1. The van der Waals surface area contributed by atoms with Gasteiger partial charge in [-0.1, -0.05) is 0 Å². The first-order valence-electron chi connectivity index (χ1n) is 4.12. The van der Waals surface area contributed by atoms with Gasteiger partial charge in [-0.3, -0.25) is 0 Å². The van der Waals surface area contributed by atoms with Crippen molar-refractivity contribution in [2.45, 2.75) is 12.8 Å². The van der Waals surface area contributed by atoms with Crippen LogP contribution in [0.2, 0.25) is 0 Å². The van der Waals surface area contributed by atoms with E-state index >= 15 is 0 Å². The van der Waals surface area contributed by atoms with E-state index in [-0.39, 0.29) is 5.56 Å². The number of carbonyl (C=O) groups excluding carboxylic acids is 1. The molecule has 0 heterocycles. The second-order valence-electron chi connectivity index (χ2n) is 3.07. The van der Waals surface area contributed by atoms with Gasteiger partial charge < -0.3 is 4.74 Å². The fraction of sp³-hybridized carbons (Fsp3) is 0.300. The van der Waals surface area contributed by atoms with Crippen LogP contribution in [-0.2, 0) is 10.7 Å². The minimum absolute atomic E-state index is 0.0944. The SMILES string of the molecule is COC(=O)c1ccc(C(C)(F)F)c(F)c1. The van der Waals surface area contributed by atoms with Gasteiger partial charge in [0.25, 0.3) is 5.92 Å². The fourth-order valence-electron chi connectivity index (χ4n) is 1.12. The minimum atomic E-state index is -3.27. The standard InChI is InChI=1S/C10H9F3O2/c1-10(12,13)7-4-3-6(5-8(7)11)9(14)15-2/h3-5H,1-2H3. The maximum absolute atomic E-state index is 13.2. The van der Waals surface area contributed by atoms with Crippen molar-refractivity contribution in [1.82, 2.24) is 0 Å². The molecule has 0 fully saturated rings. The summed E-state index contributed by atoms with van der Waals surface area (Å²) in [6.07, 6.45) is 0. The maximum Gasteiger partial charge on any atom is 0.337 e. The number of alkyl halides is 2. The second kappa shape index (κ2) is 3.92. The largest absolute Gasteiger partial charge is 0.465 e. The summed E-state index contributed by atoms with van der Waals surface area (Å²) in [5.74, 6) is -5.15. The molecule has 0 spiro atoms. The van der Waals surface area contributed by atoms with Crippen LogP contribution in [0.25, 0.3) is 0 Å². The average Bonchev–Trinajstić information content (AvgIpc) is 2.14. The van der Waals surface area contributed by atoms with E-state index in [2.05, 4.69) is 4.74 Å². The van der Waals surface area contributed by atoms with Crippen LogP contribution >= 0.6 is 0 Å². The van der Waals surface area contributed by atoms with Gasteiger partial charge >= 0.3 is 5.97 Å². The minimum Gasteiger partial charge on any atom is -0.465 e. The van der Waals surface area contributed by atoms with E-state index in [1.807, 2.05) is 0 Å². The molecule has 5 heteroatoms. The maximum atomic E-state index is 13.2. The van der Waals surface area contributed by atoms with Crippen LogP contribution in [0, 0.1) is 5.82 Å². The number of carbonyl (C=O) groups is 1. The van der Waals surface area contributed by atoms with E-state index < -0.39 is 23.3 Å². The molecule has 2 nitrogen and oxygen atoms in total. The van der Waals surface area contributed by atoms with Crippen LogP contribution in [0.15, 0.2) is 18.2 Å². The Kier molecular flexibility index (Phi) is 3.02. The molecule has 0 N–H and O–H groups in total. The molecule has 0 aromatic heterocycles. The number of ether oxygens (including phenoxy) is 1. The Hall–Kier alpha value is -1.52. The highest BCUT2D eigenvalue weighted by atomic mass is 19.3. The second-order valence-corrected chi connectivity index (χ2v) is 3.07. The molecule has 0 atom stereocenters. The van der Waals surface area contributed by atoms with Gasteiger partial charge in [0.05, 0.1) is 18.2 Å². The van der Waals surface area contributed by atoms with Gasteiger partial charge in [0, 0.05) is 6.92 Å². The average molecular weight is 218 g/mol. The highest BCUT2D eigenvalue weighted by molar-refractivity contribution is 5.89. The van der Waals surface area contributed by atoms with Crippen LogP contribution in [0.3, 0.4) is 0 Å². The van der Waals surface area contributed by atoms with Crippen LogP contribution < -0.4 is 0 Å². The third-order valence-electron chi connectivity index (χ3n) is 1.86.